The molecule has 4 heteroatoms. The molecule has 1 heterocycles. The topological polar surface area (TPSA) is 47.7 Å². The van der Waals surface area contributed by atoms with Gasteiger partial charge in [-0.05, 0) is 13.0 Å². The highest BCUT2D eigenvalue weighted by Crippen LogP contribution is 2.21. The first-order valence-electron chi connectivity index (χ1n) is 7.12. The molecule has 0 bridgehead atoms. The second kappa shape index (κ2) is 7.43. The fourth-order valence-corrected chi connectivity index (χ4v) is 2.36. The Kier molecular flexibility index (Phi) is 5.59. The highest BCUT2D eigenvalue weighted by molar-refractivity contribution is 5.33. The largest absolute Gasteiger partial charge is 0.489 e. The van der Waals surface area contributed by atoms with E-state index in [2.05, 4.69) is 17.5 Å². The molecule has 2 atom stereocenters. The number of nitrogens with zero attached hydrogens (tertiary/aromatic N) is 1. The highest BCUT2D eigenvalue weighted by Gasteiger charge is 2.23. The fourth-order valence-electron chi connectivity index (χ4n) is 2.36. The van der Waals surface area contributed by atoms with Crippen molar-refractivity contribution in [2.75, 3.05) is 26.3 Å². The van der Waals surface area contributed by atoms with Gasteiger partial charge in [0.25, 0.3) is 0 Å². The quantitative estimate of drug-likeness (QED) is 0.805. The maximum Gasteiger partial charge on any atom is 0.124 e. The van der Waals surface area contributed by atoms with E-state index in [1.54, 1.807) is 6.08 Å². The van der Waals surface area contributed by atoms with Gasteiger partial charge in [0.05, 0.1) is 12.7 Å². The number of nitrogens with two attached hydrogens (primary N) is 1. The van der Waals surface area contributed by atoms with Gasteiger partial charge in [-0.1, -0.05) is 30.9 Å². The molecule has 0 amide bonds. The van der Waals surface area contributed by atoms with Gasteiger partial charge in [0.2, 0.25) is 0 Å². The Morgan fingerprint density at radius 1 is 1.55 bits per heavy atom. The van der Waals surface area contributed by atoms with E-state index in [4.69, 9.17) is 15.2 Å². The molecule has 0 unspecified atom stereocenters. The summed E-state index contributed by atoms with van der Waals surface area (Å²) in [6, 6.07) is 8.20. The van der Waals surface area contributed by atoms with E-state index in [0.29, 0.717) is 6.61 Å². The van der Waals surface area contributed by atoms with Gasteiger partial charge in [-0.2, -0.15) is 0 Å². The minimum absolute atomic E-state index is 0.0602. The third kappa shape index (κ3) is 4.07. The summed E-state index contributed by atoms with van der Waals surface area (Å²) in [5.74, 6) is 0.927. The van der Waals surface area contributed by atoms with Crippen molar-refractivity contribution in [1.29, 1.82) is 0 Å². The minimum Gasteiger partial charge on any atom is -0.489 e. The molecule has 1 fully saturated rings. The molecular formula is C16H24N2O2. The summed E-state index contributed by atoms with van der Waals surface area (Å²) in [6.07, 6.45) is 1.88. The molecule has 1 aliphatic rings. The van der Waals surface area contributed by atoms with Gasteiger partial charge in [0, 0.05) is 31.2 Å². The van der Waals surface area contributed by atoms with E-state index >= 15 is 0 Å². The van der Waals surface area contributed by atoms with Gasteiger partial charge in [0.1, 0.15) is 12.4 Å². The fraction of sp³-hybridized carbons (Fsp3) is 0.500. The van der Waals surface area contributed by atoms with E-state index in [9.17, 15) is 0 Å². The second-order valence-corrected chi connectivity index (χ2v) is 5.21. The van der Waals surface area contributed by atoms with Gasteiger partial charge in [0.15, 0.2) is 0 Å². The molecule has 20 heavy (non-hydrogen) atoms. The average molecular weight is 276 g/mol. The van der Waals surface area contributed by atoms with Crippen LogP contribution in [0.3, 0.4) is 0 Å². The van der Waals surface area contributed by atoms with E-state index in [1.807, 2.05) is 25.1 Å². The zero-order chi connectivity index (χ0) is 14.4. The van der Waals surface area contributed by atoms with Crippen LogP contribution in [-0.2, 0) is 11.3 Å². The molecule has 0 saturated carbocycles. The van der Waals surface area contributed by atoms with Crippen LogP contribution in [0.25, 0.3) is 0 Å². The summed E-state index contributed by atoms with van der Waals surface area (Å²) in [6.45, 7) is 9.61. The van der Waals surface area contributed by atoms with E-state index < -0.39 is 0 Å². The monoisotopic (exact) mass is 276 g/mol. The van der Waals surface area contributed by atoms with Crippen LogP contribution in [0, 0.1) is 0 Å². The lowest BCUT2D eigenvalue weighted by Crippen LogP contribution is -2.49. The number of benzene rings is 1. The van der Waals surface area contributed by atoms with Crippen molar-refractivity contribution in [3.8, 4) is 5.75 Å². The molecule has 4 nitrogen and oxygen atoms in total. The van der Waals surface area contributed by atoms with Gasteiger partial charge in [-0.15, -0.1) is 0 Å². The molecular weight excluding hydrogens is 252 g/mol. The normalized spacial score (nSPS) is 21.4. The Bertz CT molecular complexity index is 434. The standard InChI is InChI=1S/C16H24N2O2/c1-3-9-19-15-7-5-4-6-14(15)11-18-8-10-20-16(12-18)13(2)17/h3-7,13,16H,1,8-12,17H2,2H3/t13-,16+/m1/s1. The van der Waals surface area contributed by atoms with Crippen LogP contribution < -0.4 is 10.5 Å². The summed E-state index contributed by atoms with van der Waals surface area (Å²) < 4.78 is 11.4. The predicted octanol–water partition coefficient (Wildman–Crippen LogP) is 1.80. The third-order valence-electron chi connectivity index (χ3n) is 3.49. The number of hydrogen-bond donors (Lipinski definition) is 1. The lowest BCUT2D eigenvalue weighted by molar-refractivity contribution is -0.0405. The van der Waals surface area contributed by atoms with Crippen molar-refractivity contribution in [3.63, 3.8) is 0 Å². The number of hydrogen-bond acceptors (Lipinski definition) is 4. The Morgan fingerprint density at radius 3 is 3.10 bits per heavy atom. The zero-order valence-electron chi connectivity index (χ0n) is 12.1. The summed E-state index contributed by atoms with van der Waals surface area (Å²) in [5, 5.41) is 0. The van der Waals surface area contributed by atoms with Crippen molar-refractivity contribution in [2.45, 2.75) is 25.6 Å². The smallest absolute Gasteiger partial charge is 0.124 e. The van der Waals surface area contributed by atoms with Crippen LogP contribution in [0.5, 0.6) is 5.75 Å². The first-order chi connectivity index (χ1) is 9.70. The Balaban J connectivity index is 2.00. The molecule has 2 rings (SSSR count). The van der Waals surface area contributed by atoms with Crippen LogP contribution in [0.1, 0.15) is 12.5 Å². The Hall–Kier alpha value is -1.36. The Labute approximate surface area is 121 Å². The summed E-state index contributed by atoms with van der Waals surface area (Å²) in [7, 11) is 0. The van der Waals surface area contributed by atoms with Crippen molar-refractivity contribution in [2.24, 2.45) is 5.73 Å². The molecule has 0 spiro atoms. The van der Waals surface area contributed by atoms with Gasteiger partial charge in [-0.25, -0.2) is 0 Å². The number of rotatable bonds is 6. The van der Waals surface area contributed by atoms with Crippen LogP contribution in [-0.4, -0.2) is 43.3 Å². The molecule has 0 aliphatic carbocycles. The minimum atomic E-state index is 0.0602. The second-order valence-electron chi connectivity index (χ2n) is 5.21. The van der Waals surface area contributed by atoms with E-state index in [1.165, 1.54) is 5.56 Å². The van der Waals surface area contributed by atoms with Crippen molar-refractivity contribution in [3.05, 3.63) is 42.5 Å². The molecule has 1 saturated heterocycles. The summed E-state index contributed by atoms with van der Waals surface area (Å²) >= 11 is 0. The molecule has 0 aromatic heterocycles. The SMILES string of the molecule is C=CCOc1ccccc1CN1CCO[C@H]([C@@H](C)N)C1. The predicted molar refractivity (Wildman–Crippen MR) is 80.8 cm³/mol. The third-order valence-corrected chi connectivity index (χ3v) is 3.49. The van der Waals surface area contributed by atoms with Gasteiger partial charge in [-0.3, -0.25) is 4.90 Å². The molecule has 110 valence electrons. The summed E-state index contributed by atoms with van der Waals surface area (Å²) in [5.41, 5.74) is 7.13. The number of ether oxygens (including phenoxy) is 2. The average Bonchev–Trinajstić information content (AvgIpc) is 2.46. The van der Waals surface area contributed by atoms with Crippen molar-refractivity contribution < 1.29 is 9.47 Å². The van der Waals surface area contributed by atoms with E-state index in [-0.39, 0.29) is 12.1 Å². The molecule has 1 aliphatic heterocycles. The number of para-hydroxylation sites is 1. The maximum absolute atomic E-state index is 5.93. The molecule has 1 aromatic carbocycles. The lowest BCUT2D eigenvalue weighted by Gasteiger charge is -2.35. The highest BCUT2D eigenvalue weighted by atomic mass is 16.5. The maximum atomic E-state index is 5.93. The van der Waals surface area contributed by atoms with Crippen LogP contribution in [0.15, 0.2) is 36.9 Å². The van der Waals surface area contributed by atoms with Gasteiger partial charge < -0.3 is 15.2 Å². The lowest BCUT2D eigenvalue weighted by atomic mass is 10.1. The van der Waals surface area contributed by atoms with Gasteiger partial charge >= 0.3 is 0 Å². The van der Waals surface area contributed by atoms with Crippen molar-refractivity contribution in [1.82, 2.24) is 4.90 Å². The molecule has 1 aromatic rings. The molecule has 0 radical (unpaired) electrons. The van der Waals surface area contributed by atoms with Crippen LogP contribution in [0.2, 0.25) is 0 Å². The zero-order valence-corrected chi connectivity index (χ0v) is 12.1. The molecule has 2 N–H and O–H groups in total. The summed E-state index contributed by atoms with van der Waals surface area (Å²) in [4.78, 5) is 2.37. The van der Waals surface area contributed by atoms with Crippen LogP contribution in [0.4, 0.5) is 0 Å². The van der Waals surface area contributed by atoms with E-state index in [0.717, 1.165) is 32.0 Å². The first-order valence-corrected chi connectivity index (χ1v) is 7.12. The first kappa shape index (κ1) is 15.0. The Morgan fingerprint density at radius 2 is 2.35 bits per heavy atom. The van der Waals surface area contributed by atoms with Crippen molar-refractivity contribution >= 4 is 0 Å². The number of morpholine rings is 1. The van der Waals surface area contributed by atoms with Crippen LogP contribution >= 0.6 is 0 Å².